The number of aromatic amines is 1. The zero-order chi connectivity index (χ0) is 21.3. The molecule has 4 rings (SSSR count). The third-order valence-corrected chi connectivity index (χ3v) is 5.03. The fourth-order valence-corrected chi connectivity index (χ4v) is 3.25. The summed E-state index contributed by atoms with van der Waals surface area (Å²) in [5.41, 5.74) is 5.09. The van der Waals surface area contributed by atoms with Crippen LogP contribution in [0.15, 0.2) is 69.3 Å². The minimum Gasteiger partial charge on any atom is -0.298 e. The first-order chi connectivity index (χ1) is 14.4. The van der Waals surface area contributed by atoms with Crippen molar-refractivity contribution < 1.29 is 0 Å². The van der Waals surface area contributed by atoms with Gasteiger partial charge in [0, 0.05) is 12.1 Å². The molecule has 152 valence electrons. The Hall–Kier alpha value is -3.65. The highest BCUT2D eigenvalue weighted by molar-refractivity contribution is 6.30. The number of imidazole rings is 1. The molecule has 0 amide bonds. The first kappa shape index (κ1) is 19.7. The second kappa shape index (κ2) is 8.00. The molecule has 0 atom stereocenters. The molecule has 0 aliphatic rings. The second-order valence-corrected chi connectivity index (χ2v) is 7.25. The van der Waals surface area contributed by atoms with Gasteiger partial charge in [0.25, 0.3) is 5.56 Å². The van der Waals surface area contributed by atoms with Crippen LogP contribution >= 0.6 is 11.6 Å². The Labute approximate surface area is 176 Å². The molecule has 0 fully saturated rings. The lowest BCUT2D eigenvalue weighted by atomic mass is 10.1. The largest absolute Gasteiger partial charge is 0.329 e. The van der Waals surface area contributed by atoms with Crippen LogP contribution in [-0.2, 0) is 13.6 Å². The molecule has 2 aromatic carbocycles. The SMILES string of the molecule is C/C(=N/Nc1nc2c(c(=O)[nH]c(=O)n2C)n1Cc1ccc(Cl)cc1)c1ccccc1. The van der Waals surface area contributed by atoms with E-state index in [0.29, 0.717) is 17.5 Å². The number of hydrogen-bond acceptors (Lipinski definition) is 5. The van der Waals surface area contributed by atoms with E-state index in [1.165, 1.54) is 4.57 Å². The van der Waals surface area contributed by atoms with Crippen molar-refractivity contribution in [3.05, 3.63) is 91.6 Å². The van der Waals surface area contributed by atoms with Gasteiger partial charge in [0.1, 0.15) is 0 Å². The zero-order valence-corrected chi connectivity index (χ0v) is 17.1. The number of anilines is 1. The number of nitrogens with one attached hydrogen (secondary N) is 2. The number of hydrazone groups is 1. The Balaban J connectivity index is 1.82. The third-order valence-electron chi connectivity index (χ3n) is 4.78. The number of fused-ring (bicyclic) bond motifs is 1. The van der Waals surface area contributed by atoms with Crippen molar-refractivity contribution in [2.75, 3.05) is 5.43 Å². The summed E-state index contributed by atoms with van der Waals surface area (Å²) in [5, 5.41) is 5.04. The number of aryl methyl sites for hydroxylation is 1. The van der Waals surface area contributed by atoms with E-state index >= 15 is 0 Å². The fraction of sp³-hybridized carbons (Fsp3) is 0.143. The zero-order valence-electron chi connectivity index (χ0n) is 16.4. The van der Waals surface area contributed by atoms with Gasteiger partial charge in [0.05, 0.1) is 12.3 Å². The molecule has 0 unspecified atom stereocenters. The molecule has 0 spiro atoms. The Bertz CT molecular complexity index is 1350. The van der Waals surface area contributed by atoms with Crippen LogP contribution in [0.25, 0.3) is 11.2 Å². The molecule has 0 aliphatic carbocycles. The molecule has 0 saturated carbocycles. The van der Waals surface area contributed by atoms with Gasteiger partial charge in [-0.1, -0.05) is 54.1 Å². The van der Waals surface area contributed by atoms with E-state index in [1.54, 1.807) is 23.7 Å². The molecule has 30 heavy (non-hydrogen) atoms. The van der Waals surface area contributed by atoms with E-state index in [-0.39, 0.29) is 11.2 Å². The Morgan fingerprint density at radius 3 is 2.53 bits per heavy atom. The van der Waals surface area contributed by atoms with Crippen molar-refractivity contribution in [2.45, 2.75) is 13.5 Å². The predicted octanol–water partition coefficient (Wildman–Crippen LogP) is 2.96. The molecule has 0 aliphatic heterocycles. The predicted molar refractivity (Wildman–Crippen MR) is 118 cm³/mol. The van der Waals surface area contributed by atoms with Crippen molar-refractivity contribution in [3.8, 4) is 0 Å². The smallest absolute Gasteiger partial charge is 0.298 e. The van der Waals surface area contributed by atoms with E-state index in [0.717, 1.165) is 16.8 Å². The highest BCUT2D eigenvalue weighted by Gasteiger charge is 2.17. The number of H-pyrrole nitrogens is 1. The quantitative estimate of drug-likeness (QED) is 0.381. The third kappa shape index (κ3) is 3.77. The number of aromatic nitrogens is 4. The summed E-state index contributed by atoms with van der Waals surface area (Å²) in [7, 11) is 1.56. The van der Waals surface area contributed by atoms with Crippen LogP contribution in [0.2, 0.25) is 5.02 Å². The van der Waals surface area contributed by atoms with Crippen molar-refractivity contribution in [1.29, 1.82) is 0 Å². The van der Waals surface area contributed by atoms with Gasteiger partial charge in [0.15, 0.2) is 11.2 Å². The standard InChI is InChI=1S/C21H19ClN6O2/c1-13(15-6-4-3-5-7-15)25-26-20-23-18-17(19(29)24-21(30)27(18)2)28(20)12-14-8-10-16(22)11-9-14/h3-11H,12H2,1-2H3,(H,23,26)(H,24,29,30)/b25-13-. The average Bonchev–Trinajstić information content (AvgIpc) is 3.11. The molecule has 0 bridgehead atoms. The number of halogens is 1. The molecule has 8 nitrogen and oxygen atoms in total. The molecule has 9 heteroatoms. The molecule has 0 radical (unpaired) electrons. The minimum absolute atomic E-state index is 0.271. The summed E-state index contributed by atoms with van der Waals surface area (Å²) >= 11 is 5.98. The first-order valence-corrected chi connectivity index (χ1v) is 9.61. The van der Waals surface area contributed by atoms with E-state index in [1.807, 2.05) is 49.4 Å². The minimum atomic E-state index is -0.529. The van der Waals surface area contributed by atoms with Crippen LogP contribution in [0.4, 0.5) is 5.95 Å². The van der Waals surface area contributed by atoms with Crippen molar-refractivity contribution in [3.63, 3.8) is 0 Å². The molecular formula is C21H19ClN6O2. The van der Waals surface area contributed by atoms with Gasteiger partial charge in [-0.3, -0.25) is 18.9 Å². The highest BCUT2D eigenvalue weighted by atomic mass is 35.5. The molecule has 2 N–H and O–H groups in total. The van der Waals surface area contributed by atoms with Crippen LogP contribution in [0.5, 0.6) is 0 Å². The maximum Gasteiger partial charge on any atom is 0.329 e. The topological polar surface area (TPSA) is 97.1 Å². The molecule has 4 aromatic rings. The number of nitrogens with zero attached hydrogens (tertiary/aromatic N) is 4. The average molecular weight is 423 g/mol. The maximum atomic E-state index is 12.6. The van der Waals surface area contributed by atoms with Crippen LogP contribution in [0, 0.1) is 0 Å². The molecule has 2 aromatic heterocycles. The van der Waals surface area contributed by atoms with Crippen molar-refractivity contribution in [2.24, 2.45) is 12.1 Å². The van der Waals surface area contributed by atoms with Crippen LogP contribution < -0.4 is 16.7 Å². The van der Waals surface area contributed by atoms with Crippen molar-refractivity contribution >= 4 is 34.4 Å². The molecular weight excluding hydrogens is 404 g/mol. The van der Waals surface area contributed by atoms with E-state index in [2.05, 4.69) is 20.5 Å². The fourth-order valence-electron chi connectivity index (χ4n) is 3.12. The Kier molecular flexibility index (Phi) is 5.24. The lowest BCUT2D eigenvalue weighted by molar-refractivity contribution is 0.808. The van der Waals surface area contributed by atoms with Gasteiger partial charge in [-0.15, -0.1) is 0 Å². The Morgan fingerprint density at radius 1 is 1.13 bits per heavy atom. The van der Waals surface area contributed by atoms with Gasteiger partial charge < -0.3 is 0 Å². The number of benzene rings is 2. The summed E-state index contributed by atoms with van der Waals surface area (Å²) in [6.07, 6.45) is 0. The molecule has 2 heterocycles. The lowest BCUT2D eigenvalue weighted by Crippen LogP contribution is -2.29. The summed E-state index contributed by atoms with van der Waals surface area (Å²) in [4.78, 5) is 31.4. The van der Waals surface area contributed by atoms with Crippen LogP contribution in [-0.4, -0.2) is 24.8 Å². The summed E-state index contributed by atoms with van der Waals surface area (Å²) in [6.45, 7) is 2.22. The van der Waals surface area contributed by atoms with Gasteiger partial charge in [0.2, 0.25) is 5.95 Å². The number of hydrogen-bond donors (Lipinski definition) is 2. The monoisotopic (exact) mass is 422 g/mol. The maximum absolute atomic E-state index is 12.6. The van der Waals surface area contributed by atoms with Gasteiger partial charge in [-0.25, -0.2) is 10.2 Å². The normalized spacial score (nSPS) is 11.8. The van der Waals surface area contributed by atoms with E-state index in [4.69, 9.17) is 11.6 Å². The lowest BCUT2D eigenvalue weighted by Gasteiger charge is -2.09. The van der Waals surface area contributed by atoms with Gasteiger partial charge in [-0.2, -0.15) is 10.1 Å². The van der Waals surface area contributed by atoms with Crippen LogP contribution in [0.3, 0.4) is 0 Å². The highest BCUT2D eigenvalue weighted by Crippen LogP contribution is 2.19. The Morgan fingerprint density at radius 2 is 1.83 bits per heavy atom. The van der Waals surface area contributed by atoms with Crippen LogP contribution in [0.1, 0.15) is 18.1 Å². The summed E-state index contributed by atoms with van der Waals surface area (Å²) in [6, 6.07) is 17.0. The van der Waals surface area contributed by atoms with E-state index in [9.17, 15) is 9.59 Å². The van der Waals surface area contributed by atoms with Gasteiger partial charge >= 0.3 is 5.69 Å². The summed E-state index contributed by atoms with van der Waals surface area (Å²) < 4.78 is 2.99. The molecule has 0 saturated heterocycles. The second-order valence-electron chi connectivity index (χ2n) is 6.81. The van der Waals surface area contributed by atoms with Crippen molar-refractivity contribution in [1.82, 2.24) is 19.1 Å². The van der Waals surface area contributed by atoms with Gasteiger partial charge in [-0.05, 0) is 30.2 Å². The first-order valence-electron chi connectivity index (χ1n) is 9.24. The van der Waals surface area contributed by atoms with E-state index < -0.39 is 11.2 Å². The number of rotatable bonds is 5. The summed E-state index contributed by atoms with van der Waals surface area (Å²) in [5.74, 6) is 0.349.